The Bertz CT molecular complexity index is 2610. The molecular weight excluding hydrogens is 583 g/mol. The quantitative estimate of drug-likeness (QED) is 0.188. The van der Waals surface area contributed by atoms with E-state index in [1.54, 1.807) is 0 Å². The van der Waals surface area contributed by atoms with Crippen LogP contribution >= 0.6 is 0 Å². The molecule has 0 aliphatic rings. The highest BCUT2D eigenvalue weighted by Gasteiger charge is 2.26. The first-order valence-electron chi connectivity index (χ1n) is 16.1. The van der Waals surface area contributed by atoms with E-state index in [-0.39, 0.29) is 7.43 Å². The van der Waals surface area contributed by atoms with Gasteiger partial charge in [0, 0.05) is 27.5 Å². The van der Waals surface area contributed by atoms with Crippen molar-refractivity contribution in [1.82, 2.24) is 8.80 Å². The Morgan fingerprint density at radius 1 is 0.354 bits per heavy atom. The average Bonchev–Trinajstić information content (AvgIpc) is 3.78. The van der Waals surface area contributed by atoms with Crippen molar-refractivity contribution in [1.29, 1.82) is 0 Å². The van der Waals surface area contributed by atoms with Crippen molar-refractivity contribution >= 4 is 60.9 Å². The predicted octanol–water partition coefficient (Wildman–Crippen LogP) is 12.5. The van der Waals surface area contributed by atoms with E-state index in [9.17, 15) is 0 Å². The van der Waals surface area contributed by atoms with Gasteiger partial charge in [0.1, 0.15) is 5.65 Å². The van der Waals surface area contributed by atoms with Crippen LogP contribution in [0.25, 0.3) is 66.1 Å². The van der Waals surface area contributed by atoms with Gasteiger partial charge in [0.2, 0.25) is 0 Å². The molecule has 0 aliphatic heterocycles. The number of fused-ring (bicyclic) bond motifs is 9. The van der Waals surface area contributed by atoms with Gasteiger partial charge in [0.15, 0.2) is 0 Å². The molecule has 0 bridgehead atoms. The Hall–Kier alpha value is -6.32. The van der Waals surface area contributed by atoms with Gasteiger partial charge in [0.05, 0.1) is 27.8 Å². The fourth-order valence-corrected chi connectivity index (χ4v) is 7.57. The van der Waals surface area contributed by atoms with Crippen molar-refractivity contribution in [2.45, 2.75) is 7.43 Å². The minimum Gasteiger partial charge on any atom is -0.308 e. The standard InChI is InChI=1S/C44H29N3.CH4/c1-3-12-30(13-4-1)32-22-26-34(27-23-32)45(35-28-24-33(25-29-35)31-14-5-2-6-15-31)40-20-11-21-41-43(40)47-39-19-10-8-17-37(39)42-36-16-7-9-18-38(36)46(41)44(42)47;/h1-29H;1H4. The smallest absolute Gasteiger partial charge is 0.131 e. The average molecular weight is 616 g/mol. The molecule has 0 amide bonds. The number of anilines is 3. The lowest BCUT2D eigenvalue weighted by Crippen LogP contribution is -2.11. The van der Waals surface area contributed by atoms with Gasteiger partial charge in [-0.25, -0.2) is 0 Å². The molecule has 0 fully saturated rings. The highest BCUT2D eigenvalue weighted by Crippen LogP contribution is 2.46. The summed E-state index contributed by atoms with van der Waals surface area (Å²) in [5.41, 5.74) is 14.3. The molecule has 0 radical (unpaired) electrons. The summed E-state index contributed by atoms with van der Waals surface area (Å²) >= 11 is 0. The molecule has 10 aromatic rings. The predicted molar refractivity (Wildman–Crippen MR) is 204 cm³/mol. The lowest BCUT2D eigenvalue weighted by molar-refractivity contribution is 1.26. The van der Waals surface area contributed by atoms with Gasteiger partial charge in [-0.05, 0) is 70.8 Å². The molecule has 3 heteroatoms. The van der Waals surface area contributed by atoms with Crippen LogP contribution in [0, 0.1) is 0 Å². The molecule has 0 atom stereocenters. The zero-order valence-electron chi connectivity index (χ0n) is 25.6. The molecule has 48 heavy (non-hydrogen) atoms. The summed E-state index contributed by atoms with van der Waals surface area (Å²) in [5.74, 6) is 0. The Kier molecular flexibility index (Phi) is 6.34. The second-order valence-electron chi connectivity index (χ2n) is 12.2. The number of benzene rings is 7. The van der Waals surface area contributed by atoms with E-state index >= 15 is 0 Å². The van der Waals surface area contributed by atoms with Gasteiger partial charge in [-0.15, -0.1) is 0 Å². The lowest BCUT2D eigenvalue weighted by Gasteiger charge is -2.27. The van der Waals surface area contributed by atoms with Gasteiger partial charge in [-0.3, -0.25) is 8.80 Å². The molecule has 0 N–H and O–H groups in total. The number of imidazole rings is 1. The Labute approximate surface area is 279 Å². The summed E-state index contributed by atoms with van der Waals surface area (Å²) in [6.45, 7) is 0. The third kappa shape index (κ3) is 4.01. The monoisotopic (exact) mass is 615 g/mol. The summed E-state index contributed by atoms with van der Waals surface area (Å²) in [6, 6.07) is 63.5. The highest BCUT2D eigenvalue weighted by atomic mass is 15.2. The zero-order chi connectivity index (χ0) is 30.9. The van der Waals surface area contributed by atoms with Crippen molar-refractivity contribution in [3.05, 3.63) is 176 Å². The molecule has 0 saturated heterocycles. The number of hydrogen-bond acceptors (Lipinski definition) is 1. The third-order valence-corrected chi connectivity index (χ3v) is 9.64. The number of para-hydroxylation sites is 3. The number of rotatable bonds is 5. The van der Waals surface area contributed by atoms with E-state index in [4.69, 9.17) is 0 Å². The summed E-state index contributed by atoms with van der Waals surface area (Å²) < 4.78 is 4.94. The Balaban J connectivity index is 0.00000314. The maximum absolute atomic E-state index is 2.49. The van der Waals surface area contributed by atoms with Gasteiger partial charge in [-0.1, -0.05) is 135 Å². The van der Waals surface area contributed by atoms with Crippen LogP contribution in [-0.2, 0) is 0 Å². The first-order chi connectivity index (χ1) is 23.3. The molecule has 0 spiro atoms. The highest BCUT2D eigenvalue weighted by molar-refractivity contribution is 6.24. The second kappa shape index (κ2) is 10.9. The van der Waals surface area contributed by atoms with E-state index in [0.29, 0.717) is 0 Å². The zero-order valence-corrected chi connectivity index (χ0v) is 25.6. The lowest BCUT2D eigenvalue weighted by atomic mass is 10.0. The van der Waals surface area contributed by atoms with Crippen molar-refractivity contribution < 1.29 is 0 Å². The van der Waals surface area contributed by atoms with Crippen molar-refractivity contribution in [3.63, 3.8) is 0 Å². The van der Waals surface area contributed by atoms with Crippen LogP contribution in [0.1, 0.15) is 7.43 Å². The van der Waals surface area contributed by atoms with Crippen molar-refractivity contribution in [3.8, 4) is 22.3 Å². The largest absolute Gasteiger partial charge is 0.308 e. The van der Waals surface area contributed by atoms with E-state index < -0.39 is 0 Å². The molecule has 0 saturated carbocycles. The molecular formula is C45H33N3. The van der Waals surface area contributed by atoms with Crippen LogP contribution in [0.5, 0.6) is 0 Å². The molecule has 0 aliphatic carbocycles. The fourth-order valence-electron chi connectivity index (χ4n) is 7.57. The van der Waals surface area contributed by atoms with Crippen LogP contribution in [0.4, 0.5) is 17.1 Å². The molecule has 3 heterocycles. The molecule has 0 unspecified atom stereocenters. The van der Waals surface area contributed by atoms with Gasteiger partial charge in [0.25, 0.3) is 0 Å². The molecule has 7 aromatic carbocycles. The van der Waals surface area contributed by atoms with E-state index in [0.717, 1.165) is 17.1 Å². The molecule has 3 nitrogen and oxygen atoms in total. The van der Waals surface area contributed by atoms with Gasteiger partial charge in [-0.2, -0.15) is 0 Å². The summed E-state index contributed by atoms with van der Waals surface area (Å²) in [4.78, 5) is 2.41. The maximum Gasteiger partial charge on any atom is 0.131 e. The first kappa shape index (κ1) is 27.9. The summed E-state index contributed by atoms with van der Waals surface area (Å²) in [5, 5.41) is 3.88. The van der Waals surface area contributed by atoms with Crippen molar-refractivity contribution in [2.24, 2.45) is 0 Å². The number of nitrogens with zero attached hydrogens (tertiary/aromatic N) is 3. The Morgan fingerprint density at radius 3 is 1.33 bits per heavy atom. The van der Waals surface area contributed by atoms with Crippen LogP contribution in [0.15, 0.2) is 176 Å². The van der Waals surface area contributed by atoms with Gasteiger partial charge < -0.3 is 4.90 Å². The minimum absolute atomic E-state index is 0. The molecule has 228 valence electrons. The van der Waals surface area contributed by atoms with Crippen LogP contribution in [0.2, 0.25) is 0 Å². The number of aromatic nitrogens is 2. The fraction of sp³-hybridized carbons (Fsp3) is 0.0222. The summed E-state index contributed by atoms with van der Waals surface area (Å²) in [7, 11) is 0. The topological polar surface area (TPSA) is 12.1 Å². The maximum atomic E-state index is 2.49. The summed E-state index contributed by atoms with van der Waals surface area (Å²) in [6.07, 6.45) is 0. The number of hydrogen-bond donors (Lipinski definition) is 0. The molecule has 3 aromatic heterocycles. The van der Waals surface area contributed by atoms with Crippen molar-refractivity contribution in [2.75, 3.05) is 4.90 Å². The minimum atomic E-state index is 0. The SMILES string of the molecule is C.c1ccc(-c2ccc(N(c3ccc(-c4ccccc4)cc3)c3cccc4c3n3c5ccccc5c5c6ccccc6n4c53)cc2)cc1. The second-order valence-corrected chi connectivity index (χ2v) is 12.2. The first-order valence-corrected chi connectivity index (χ1v) is 16.1. The third-order valence-electron chi connectivity index (χ3n) is 9.64. The van der Waals surface area contributed by atoms with Gasteiger partial charge >= 0.3 is 0 Å². The Morgan fingerprint density at radius 2 is 0.792 bits per heavy atom. The van der Waals surface area contributed by atoms with Crippen LogP contribution < -0.4 is 4.90 Å². The van der Waals surface area contributed by atoms with E-state index in [1.807, 2.05) is 0 Å². The van der Waals surface area contributed by atoms with E-state index in [1.165, 1.54) is 66.1 Å². The van der Waals surface area contributed by atoms with Crippen LogP contribution in [0.3, 0.4) is 0 Å². The molecule has 10 rings (SSSR count). The van der Waals surface area contributed by atoms with E-state index in [2.05, 4.69) is 190 Å². The van der Waals surface area contributed by atoms with Crippen LogP contribution in [-0.4, -0.2) is 8.80 Å². The normalized spacial score (nSPS) is 11.6.